The maximum absolute atomic E-state index is 6.40. The average Bonchev–Trinajstić information content (AvgIpc) is 2.59. The molecule has 0 heterocycles. The summed E-state index contributed by atoms with van der Waals surface area (Å²) in [6.45, 7) is 2.18. The molecule has 2 N–H and O–H groups in total. The molecule has 5 rings (SSSR count). The lowest BCUT2D eigenvalue weighted by atomic mass is 9.87. The van der Waals surface area contributed by atoms with Gasteiger partial charge in [0.15, 0.2) is 0 Å². The van der Waals surface area contributed by atoms with Crippen molar-refractivity contribution in [3.05, 3.63) is 66.2 Å². The van der Waals surface area contributed by atoms with Crippen LogP contribution in [0.2, 0.25) is 0 Å². The Morgan fingerprint density at radius 3 is 1.96 bits per heavy atom. The number of aryl methyl sites for hydroxylation is 1. The third-order valence-electron chi connectivity index (χ3n) is 5.15. The van der Waals surface area contributed by atoms with Crippen molar-refractivity contribution < 1.29 is 0 Å². The summed E-state index contributed by atoms with van der Waals surface area (Å²) in [5.74, 6) is 0. The van der Waals surface area contributed by atoms with Gasteiger partial charge >= 0.3 is 0 Å². The largest absolute Gasteiger partial charge is 0.398 e. The van der Waals surface area contributed by atoms with E-state index in [1.807, 2.05) is 0 Å². The van der Waals surface area contributed by atoms with Gasteiger partial charge in [-0.3, -0.25) is 0 Å². The van der Waals surface area contributed by atoms with E-state index >= 15 is 0 Å². The normalized spacial score (nSPS) is 12.0. The molecule has 0 fully saturated rings. The molecule has 0 radical (unpaired) electrons. The highest BCUT2D eigenvalue weighted by Gasteiger charge is 2.15. The number of nitrogen functional groups attached to an aromatic ring is 1. The van der Waals surface area contributed by atoms with Gasteiger partial charge in [-0.2, -0.15) is 0 Å². The summed E-state index contributed by atoms with van der Waals surface area (Å²) in [7, 11) is 0. The van der Waals surface area contributed by atoms with E-state index in [0.717, 1.165) is 12.1 Å². The fourth-order valence-corrected chi connectivity index (χ4v) is 4.19. The van der Waals surface area contributed by atoms with Crippen LogP contribution in [0, 0.1) is 0 Å². The summed E-state index contributed by atoms with van der Waals surface area (Å²) in [4.78, 5) is 0. The Morgan fingerprint density at radius 2 is 1.26 bits per heavy atom. The predicted molar refractivity (Wildman–Crippen MR) is 101 cm³/mol. The lowest BCUT2D eigenvalue weighted by Crippen LogP contribution is -1.96. The van der Waals surface area contributed by atoms with Crippen molar-refractivity contribution in [3.8, 4) is 0 Å². The fourth-order valence-electron chi connectivity index (χ4n) is 4.19. The molecule has 0 saturated carbocycles. The summed E-state index contributed by atoms with van der Waals surface area (Å²) in [5.41, 5.74) is 8.56. The van der Waals surface area contributed by atoms with Gasteiger partial charge in [0.25, 0.3) is 0 Å². The highest BCUT2D eigenvalue weighted by molar-refractivity contribution is 6.33. The van der Waals surface area contributed by atoms with Gasteiger partial charge < -0.3 is 5.73 Å². The molecule has 0 bridgehead atoms. The monoisotopic (exact) mass is 295 g/mol. The third-order valence-corrected chi connectivity index (χ3v) is 5.15. The van der Waals surface area contributed by atoms with Crippen molar-refractivity contribution in [1.82, 2.24) is 0 Å². The van der Waals surface area contributed by atoms with Crippen LogP contribution in [0.25, 0.3) is 43.1 Å². The molecule has 1 nitrogen and oxygen atoms in total. The molecule has 0 amide bonds. The quantitative estimate of drug-likeness (QED) is 0.233. The van der Waals surface area contributed by atoms with E-state index in [9.17, 15) is 0 Å². The van der Waals surface area contributed by atoms with Gasteiger partial charge in [0.2, 0.25) is 0 Å². The van der Waals surface area contributed by atoms with Crippen LogP contribution in [0.1, 0.15) is 12.5 Å². The van der Waals surface area contributed by atoms with E-state index in [4.69, 9.17) is 5.73 Å². The molecule has 5 aromatic carbocycles. The fraction of sp³-hybridized carbons (Fsp3) is 0.0909. The number of hydrogen-bond acceptors (Lipinski definition) is 1. The first kappa shape index (κ1) is 12.7. The molecule has 0 unspecified atom stereocenters. The van der Waals surface area contributed by atoms with E-state index in [1.54, 1.807) is 0 Å². The minimum absolute atomic E-state index is 0.906. The number of nitrogens with two attached hydrogens (primary N) is 1. The van der Waals surface area contributed by atoms with E-state index in [1.165, 1.54) is 48.7 Å². The average molecular weight is 295 g/mol. The number of rotatable bonds is 1. The highest BCUT2D eigenvalue weighted by Crippen LogP contribution is 2.42. The Bertz CT molecular complexity index is 1200. The van der Waals surface area contributed by atoms with Crippen molar-refractivity contribution >= 4 is 48.8 Å². The summed E-state index contributed by atoms with van der Waals surface area (Å²) in [5, 5.41) is 10.5. The van der Waals surface area contributed by atoms with Gasteiger partial charge in [-0.1, -0.05) is 61.5 Å². The molecule has 0 aliphatic heterocycles. The smallest absolute Gasteiger partial charge is 0.0359 e. The zero-order valence-corrected chi connectivity index (χ0v) is 13.1. The number of anilines is 1. The first-order valence-electron chi connectivity index (χ1n) is 8.16. The Labute approximate surface area is 134 Å². The van der Waals surface area contributed by atoms with Crippen molar-refractivity contribution in [1.29, 1.82) is 0 Å². The molecule has 0 saturated heterocycles. The summed E-state index contributed by atoms with van der Waals surface area (Å²) >= 11 is 0. The minimum atomic E-state index is 0.906. The highest BCUT2D eigenvalue weighted by atomic mass is 14.6. The molecule has 5 aromatic rings. The maximum Gasteiger partial charge on any atom is 0.0359 e. The second-order valence-electron chi connectivity index (χ2n) is 6.28. The van der Waals surface area contributed by atoms with Gasteiger partial charge in [-0.25, -0.2) is 0 Å². The Kier molecular flexibility index (Phi) is 2.41. The molecule has 0 aromatic heterocycles. The Hall–Kier alpha value is -2.80. The molecular weight excluding hydrogens is 278 g/mol. The van der Waals surface area contributed by atoms with Crippen molar-refractivity contribution in [2.24, 2.45) is 0 Å². The van der Waals surface area contributed by atoms with Crippen LogP contribution >= 0.6 is 0 Å². The molecular formula is C22H17N. The van der Waals surface area contributed by atoms with Crippen LogP contribution in [0.5, 0.6) is 0 Å². The van der Waals surface area contributed by atoms with E-state index in [0.29, 0.717) is 0 Å². The number of benzene rings is 5. The van der Waals surface area contributed by atoms with Crippen LogP contribution in [0.15, 0.2) is 60.7 Å². The molecule has 0 aliphatic rings. The van der Waals surface area contributed by atoms with Crippen LogP contribution < -0.4 is 5.73 Å². The van der Waals surface area contributed by atoms with Crippen molar-refractivity contribution in [2.75, 3.05) is 5.73 Å². The zero-order chi connectivity index (χ0) is 15.6. The van der Waals surface area contributed by atoms with Gasteiger partial charge in [0.05, 0.1) is 0 Å². The van der Waals surface area contributed by atoms with Gasteiger partial charge in [-0.15, -0.1) is 0 Å². The Balaban J connectivity index is 2.24. The van der Waals surface area contributed by atoms with Crippen LogP contribution in [0.3, 0.4) is 0 Å². The summed E-state index contributed by atoms with van der Waals surface area (Å²) < 4.78 is 0. The van der Waals surface area contributed by atoms with Gasteiger partial charge in [0, 0.05) is 5.69 Å². The second-order valence-corrected chi connectivity index (χ2v) is 6.28. The SMILES string of the molecule is CCc1c(N)cc2c3cccc4cccc(c5cccc1c52)c43. The van der Waals surface area contributed by atoms with E-state index in [2.05, 4.69) is 67.6 Å². The van der Waals surface area contributed by atoms with Gasteiger partial charge in [0.1, 0.15) is 0 Å². The minimum Gasteiger partial charge on any atom is -0.398 e. The molecule has 0 spiro atoms. The standard InChI is InChI=1S/C22H17N/c1-2-14-15-10-5-11-17-16-8-3-6-13-7-4-9-18(21(13)16)19(22(15)17)12-20(14)23/h3-12H,2,23H2,1H3. The lowest BCUT2D eigenvalue weighted by Gasteiger charge is -2.17. The van der Waals surface area contributed by atoms with Crippen LogP contribution in [-0.4, -0.2) is 0 Å². The predicted octanol–water partition coefficient (Wildman–Crippen LogP) is 5.88. The van der Waals surface area contributed by atoms with E-state index < -0.39 is 0 Å². The lowest BCUT2D eigenvalue weighted by molar-refractivity contribution is 1.17. The zero-order valence-electron chi connectivity index (χ0n) is 13.1. The molecule has 23 heavy (non-hydrogen) atoms. The van der Waals surface area contributed by atoms with Crippen LogP contribution in [-0.2, 0) is 6.42 Å². The first-order chi connectivity index (χ1) is 11.3. The molecule has 0 aliphatic carbocycles. The molecule has 0 atom stereocenters. The molecule has 110 valence electrons. The van der Waals surface area contributed by atoms with Crippen LogP contribution in [0.4, 0.5) is 5.69 Å². The maximum atomic E-state index is 6.40. The second kappa shape index (κ2) is 4.36. The first-order valence-corrected chi connectivity index (χ1v) is 8.16. The summed E-state index contributed by atoms with van der Waals surface area (Å²) in [6.07, 6.45) is 0.956. The summed E-state index contributed by atoms with van der Waals surface area (Å²) in [6, 6.07) is 21.9. The number of fused-ring (bicyclic) bond motifs is 2. The Morgan fingerprint density at radius 1 is 0.696 bits per heavy atom. The van der Waals surface area contributed by atoms with E-state index in [-0.39, 0.29) is 0 Å². The van der Waals surface area contributed by atoms with Crippen molar-refractivity contribution in [2.45, 2.75) is 13.3 Å². The molecule has 1 heteroatoms. The van der Waals surface area contributed by atoms with Crippen molar-refractivity contribution in [3.63, 3.8) is 0 Å². The van der Waals surface area contributed by atoms with Gasteiger partial charge in [-0.05, 0) is 61.1 Å². The number of hydrogen-bond donors (Lipinski definition) is 1. The third kappa shape index (κ3) is 1.52. The topological polar surface area (TPSA) is 26.0 Å².